The van der Waals surface area contributed by atoms with Crippen LogP contribution in [0.1, 0.15) is 5.56 Å². The average Bonchev–Trinajstić information content (AvgIpc) is 3.07. The fourth-order valence-corrected chi connectivity index (χ4v) is 3.48. The molecule has 0 unspecified atom stereocenters. The van der Waals surface area contributed by atoms with Gasteiger partial charge in [-0.05, 0) is 12.1 Å². The van der Waals surface area contributed by atoms with Gasteiger partial charge in [-0.2, -0.15) is 0 Å². The van der Waals surface area contributed by atoms with Crippen molar-refractivity contribution < 1.29 is 23.8 Å². The molecule has 6 nitrogen and oxygen atoms in total. The van der Waals surface area contributed by atoms with E-state index in [1.54, 1.807) is 6.20 Å². The molecule has 7 heteroatoms. The molecule has 4 aromatic rings. The van der Waals surface area contributed by atoms with E-state index >= 15 is 0 Å². The Labute approximate surface area is 125 Å². The van der Waals surface area contributed by atoms with Crippen LogP contribution in [0.2, 0.25) is 0 Å². The molecule has 0 atom stereocenters. The van der Waals surface area contributed by atoms with Gasteiger partial charge in [0.25, 0.3) is 0 Å². The molecule has 22 heavy (non-hydrogen) atoms. The topological polar surface area (TPSA) is 62.6 Å². The van der Waals surface area contributed by atoms with E-state index in [1.165, 1.54) is 10.3 Å². The van der Waals surface area contributed by atoms with Gasteiger partial charge >= 0.3 is 13.0 Å². The summed E-state index contributed by atoms with van der Waals surface area (Å²) in [5.41, 5.74) is 4.18. The van der Waals surface area contributed by atoms with Crippen molar-refractivity contribution in [1.82, 2.24) is 4.73 Å². The highest BCUT2D eigenvalue weighted by Crippen LogP contribution is 2.30. The molecule has 0 saturated carbocycles. The van der Waals surface area contributed by atoms with Gasteiger partial charge in [-0.1, -0.05) is 16.5 Å². The highest BCUT2D eigenvalue weighted by atomic mass is 16.7. The van der Waals surface area contributed by atoms with E-state index < -0.39 is 7.32 Å². The Morgan fingerprint density at radius 3 is 2.86 bits per heavy atom. The van der Waals surface area contributed by atoms with Gasteiger partial charge in [0.2, 0.25) is 17.9 Å². The normalized spacial score (nSPS) is 12.8. The lowest BCUT2D eigenvalue weighted by Gasteiger charge is -2.12. The number of fused-ring (bicyclic) bond motifs is 3. The highest BCUT2D eigenvalue weighted by molar-refractivity contribution is 6.33. The summed E-state index contributed by atoms with van der Waals surface area (Å²) in [6.45, 7) is 0.807. The van der Waals surface area contributed by atoms with Crippen LogP contribution in [0.25, 0.3) is 27.5 Å². The van der Waals surface area contributed by atoms with Gasteiger partial charge in [-0.25, -0.2) is 4.73 Å². The lowest BCUT2D eigenvalue weighted by Crippen LogP contribution is -2.33. The molecule has 2 N–H and O–H groups in total. The Bertz CT molecular complexity index is 1070. The van der Waals surface area contributed by atoms with Crippen molar-refractivity contribution in [3.05, 3.63) is 54.5 Å². The Kier molecular flexibility index (Phi) is 2.16. The van der Waals surface area contributed by atoms with Crippen molar-refractivity contribution in [2.75, 3.05) is 0 Å². The summed E-state index contributed by atoms with van der Waals surface area (Å²) in [6, 6.07) is 9.97. The first-order chi connectivity index (χ1) is 10.7. The quantitative estimate of drug-likeness (QED) is 0.264. The zero-order valence-corrected chi connectivity index (χ0v) is 11.5. The number of hydrogen-bond acceptors (Lipinski definition) is 3. The maximum absolute atomic E-state index is 9.20. The molecule has 5 rings (SSSR count). The molecule has 4 heterocycles. The summed E-state index contributed by atoms with van der Waals surface area (Å²) in [6.07, 6.45) is 5.85. The van der Waals surface area contributed by atoms with Gasteiger partial charge in [0, 0.05) is 17.8 Å². The van der Waals surface area contributed by atoms with E-state index in [0.717, 1.165) is 34.0 Å². The molecule has 0 aliphatic carbocycles. The van der Waals surface area contributed by atoms with Crippen molar-refractivity contribution in [3.63, 3.8) is 0 Å². The Balaban J connectivity index is 2.08. The SMILES string of the molecule is OB(O)On1ccc2c3c1c1ccccc1[n+]1cc[n+](c31)C2. The Morgan fingerprint density at radius 2 is 2.00 bits per heavy atom. The van der Waals surface area contributed by atoms with Crippen molar-refractivity contribution >= 4 is 34.8 Å². The number of pyridine rings is 2. The molecule has 0 spiro atoms. The van der Waals surface area contributed by atoms with Crippen LogP contribution in [0.15, 0.2) is 48.9 Å². The maximum atomic E-state index is 9.20. The van der Waals surface area contributed by atoms with Crippen molar-refractivity contribution in [2.24, 2.45) is 0 Å². The molecular formula is C15H12BN3O3+2. The monoisotopic (exact) mass is 293 g/mol. The third kappa shape index (κ3) is 1.37. The number of nitrogens with zero attached hydrogens (tertiary/aromatic N) is 3. The third-order valence-electron chi connectivity index (χ3n) is 4.28. The summed E-state index contributed by atoms with van der Waals surface area (Å²) in [4.78, 5) is 0. The van der Waals surface area contributed by atoms with E-state index in [-0.39, 0.29) is 0 Å². The van der Waals surface area contributed by atoms with Gasteiger partial charge in [-0.15, -0.1) is 4.57 Å². The first-order valence-electron chi connectivity index (χ1n) is 7.06. The van der Waals surface area contributed by atoms with Crippen molar-refractivity contribution in [2.45, 2.75) is 6.54 Å². The number of rotatable bonds is 2. The van der Waals surface area contributed by atoms with Gasteiger partial charge in [0.1, 0.15) is 5.52 Å². The second-order valence-corrected chi connectivity index (χ2v) is 5.46. The fraction of sp³-hybridized carbons (Fsp3) is 0.0667. The standard InChI is InChI=1S/C15H12BN3O3/c20-16(21)22-19-6-5-10-9-17-7-8-18-12-4-2-1-3-11(12)14(19)13(10)15(17)18/h1-8,20-21H,9H2/q+2. The lowest BCUT2D eigenvalue weighted by molar-refractivity contribution is -0.688. The van der Waals surface area contributed by atoms with Crippen molar-refractivity contribution in [3.8, 4) is 0 Å². The summed E-state index contributed by atoms with van der Waals surface area (Å²) in [5.74, 6) is 0. The number of benzene rings is 1. The van der Waals surface area contributed by atoms with Crippen LogP contribution in [0.3, 0.4) is 0 Å². The van der Waals surface area contributed by atoms with E-state index in [0.29, 0.717) is 0 Å². The van der Waals surface area contributed by atoms with E-state index in [1.807, 2.05) is 30.3 Å². The molecule has 1 aliphatic rings. The summed E-state index contributed by atoms with van der Waals surface area (Å²) >= 11 is 0. The molecular weight excluding hydrogens is 281 g/mol. The minimum Gasteiger partial charge on any atom is -0.421 e. The second-order valence-electron chi connectivity index (χ2n) is 5.46. The smallest absolute Gasteiger partial charge is 0.421 e. The van der Waals surface area contributed by atoms with E-state index in [9.17, 15) is 10.0 Å². The molecule has 0 saturated heterocycles. The summed E-state index contributed by atoms with van der Waals surface area (Å²) in [7, 11) is -1.87. The van der Waals surface area contributed by atoms with Crippen LogP contribution in [0.5, 0.6) is 0 Å². The van der Waals surface area contributed by atoms with Gasteiger partial charge < -0.3 is 14.8 Å². The minimum atomic E-state index is -1.87. The molecule has 106 valence electrons. The Hall–Kier alpha value is -2.64. The summed E-state index contributed by atoms with van der Waals surface area (Å²) in [5, 5.41) is 20.5. The van der Waals surface area contributed by atoms with Crippen LogP contribution in [-0.4, -0.2) is 22.1 Å². The van der Waals surface area contributed by atoms with Crippen LogP contribution in [-0.2, 0) is 6.54 Å². The largest absolute Gasteiger partial charge is 0.728 e. The second kappa shape index (κ2) is 3.97. The predicted octanol–water partition coefficient (Wildman–Crippen LogP) is -0.420. The lowest BCUT2D eigenvalue weighted by atomic mass is 10.1. The minimum absolute atomic E-state index is 0.807. The molecule has 0 fully saturated rings. The number of para-hydroxylation sites is 1. The van der Waals surface area contributed by atoms with Crippen LogP contribution in [0, 0.1) is 0 Å². The molecule has 3 aromatic heterocycles. The molecule has 0 bridgehead atoms. The van der Waals surface area contributed by atoms with E-state index in [4.69, 9.17) is 4.76 Å². The fourth-order valence-electron chi connectivity index (χ4n) is 3.48. The molecule has 1 aliphatic heterocycles. The van der Waals surface area contributed by atoms with Gasteiger partial charge in [0.15, 0.2) is 11.9 Å². The molecule has 0 radical (unpaired) electrons. The first kappa shape index (κ1) is 12.0. The maximum Gasteiger partial charge on any atom is 0.728 e. The Morgan fingerprint density at radius 1 is 1.14 bits per heavy atom. The molecule has 1 aromatic carbocycles. The summed E-state index contributed by atoms with van der Waals surface area (Å²) < 4.78 is 10.9. The number of imidazole rings is 1. The van der Waals surface area contributed by atoms with E-state index in [2.05, 4.69) is 21.4 Å². The number of aromatic nitrogens is 3. The van der Waals surface area contributed by atoms with Crippen LogP contribution >= 0.6 is 0 Å². The average molecular weight is 293 g/mol. The number of hydrogen-bond donors (Lipinski definition) is 2. The van der Waals surface area contributed by atoms with Crippen LogP contribution < -0.4 is 13.7 Å². The van der Waals surface area contributed by atoms with Crippen molar-refractivity contribution in [1.29, 1.82) is 0 Å². The third-order valence-corrected chi connectivity index (χ3v) is 4.28. The predicted molar refractivity (Wildman–Crippen MR) is 78.7 cm³/mol. The van der Waals surface area contributed by atoms with Crippen LogP contribution in [0.4, 0.5) is 0 Å². The van der Waals surface area contributed by atoms with Gasteiger partial charge in [-0.3, -0.25) is 0 Å². The van der Waals surface area contributed by atoms with Gasteiger partial charge in [0.05, 0.1) is 5.39 Å². The molecule has 0 amide bonds. The zero-order valence-electron chi connectivity index (χ0n) is 11.5. The highest BCUT2D eigenvalue weighted by Gasteiger charge is 2.36. The first-order valence-corrected chi connectivity index (χ1v) is 7.06. The zero-order chi connectivity index (χ0) is 14.8.